The third-order valence-electron chi connectivity index (χ3n) is 4.14. The summed E-state index contributed by atoms with van der Waals surface area (Å²) in [5.74, 6) is -2.46. The van der Waals surface area contributed by atoms with Crippen molar-refractivity contribution in [3.8, 4) is 5.75 Å². The Hall–Kier alpha value is -2.96. The summed E-state index contributed by atoms with van der Waals surface area (Å²) >= 11 is 0. The molecular formula is C19H18F2N2O3. The molecule has 26 heavy (non-hydrogen) atoms. The minimum absolute atomic E-state index is 0.0583. The Balaban J connectivity index is 1.66. The zero-order valence-corrected chi connectivity index (χ0v) is 14.2. The molecule has 1 atom stereocenters. The molecule has 0 bridgehead atoms. The van der Waals surface area contributed by atoms with Crippen LogP contribution in [0.25, 0.3) is 0 Å². The van der Waals surface area contributed by atoms with Crippen LogP contribution < -0.4 is 15.0 Å². The highest BCUT2D eigenvalue weighted by molar-refractivity contribution is 6.03. The van der Waals surface area contributed by atoms with Crippen molar-refractivity contribution in [2.45, 2.75) is 13.3 Å². The number of amides is 2. The van der Waals surface area contributed by atoms with Crippen LogP contribution in [0.3, 0.4) is 0 Å². The fraction of sp³-hybridized carbons (Fsp3) is 0.263. The van der Waals surface area contributed by atoms with E-state index >= 15 is 0 Å². The van der Waals surface area contributed by atoms with Crippen LogP contribution >= 0.6 is 0 Å². The van der Waals surface area contributed by atoms with Crippen LogP contribution in [-0.2, 0) is 9.59 Å². The molecular weight excluding hydrogens is 342 g/mol. The molecule has 1 aliphatic heterocycles. The van der Waals surface area contributed by atoms with E-state index in [1.54, 1.807) is 24.3 Å². The first-order chi connectivity index (χ1) is 12.5. The number of carbonyl (C=O) groups excluding carboxylic acids is 2. The lowest BCUT2D eigenvalue weighted by atomic mass is 10.1. The Morgan fingerprint density at radius 1 is 1.19 bits per heavy atom. The van der Waals surface area contributed by atoms with Gasteiger partial charge in [-0.15, -0.1) is 0 Å². The van der Waals surface area contributed by atoms with Gasteiger partial charge in [0.05, 0.1) is 12.5 Å². The molecule has 0 saturated carbocycles. The maximum Gasteiger partial charge on any atom is 0.229 e. The maximum atomic E-state index is 13.2. The second-order valence-corrected chi connectivity index (χ2v) is 5.95. The molecule has 1 N–H and O–H groups in total. The molecule has 3 rings (SSSR count). The van der Waals surface area contributed by atoms with Gasteiger partial charge in [0, 0.05) is 30.4 Å². The highest BCUT2D eigenvalue weighted by Gasteiger charge is 2.35. The normalized spacial score (nSPS) is 16.7. The summed E-state index contributed by atoms with van der Waals surface area (Å²) in [6, 6.07) is 10.2. The summed E-state index contributed by atoms with van der Waals surface area (Å²) in [5.41, 5.74) is 0.836. The molecule has 136 valence electrons. The second kappa shape index (κ2) is 7.51. The molecule has 5 nitrogen and oxygen atoms in total. The van der Waals surface area contributed by atoms with E-state index in [2.05, 4.69) is 5.32 Å². The van der Waals surface area contributed by atoms with Gasteiger partial charge in [-0.3, -0.25) is 9.59 Å². The molecule has 0 spiro atoms. The zero-order valence-electron chi connectivity index (χ0n) is 14.2. The van der Waals surface area contributed by atoms with Crippen molar-refractivity contribution >= 4 is 23.2 Å². The lowest BCUT2D eigenvalue weighted by Gasteiger charge is -2.17. The fourth-order valence-electron chi connectivity index (χ4n) is 2.84. The lowest BCUT2D eigenvalue weighted by Crippen LogP contribution is -2.28. The number of hydrogen-bond donors (Lipinski definition) is 1. The number of nitrogens with one attached hydrogen (secondary N) is 1. The zero-order chi connectivity index (χ0) is 18.7. The first kappa shape index (κ1) is 17.8. The Kier molecular flexibility index (Phi) is 5.16. The number of halogens is 2. The van der Waals surface area contributed by atoms with E-state index in [1.165, 1.54) is 11.0 Å². The molecule has 1 heterocycles. The van der Waals surface area contributed by atoms with E-state index in [1.807, 2.05) is 6.92 Å². The Labute approximate surface area is 149 Å². The third kappa shape index (κ3) is 3.82. The van der Waals surface area contributed by atoms with Crippen LogP contribution in [0, 0.1) is 17.6 Å². The number of carbonyl (C=O) groups is 2. The van der Waals surface area contributed by atoms with Gasteiger partial charge >= 0.3 is 0 Å². The summed E-state index contributed by atoms with van der Waals surface area (Å²) < 4.78 is 31.6. The van der Waals surface area contributed by atoms with E-state index in [0.717, 1.165) is 12.1 Å². The first-order valence-electron chi connectivity index (χ1n) is 8.27. The molecule has 0 radical (unpaired) electrons. The van der Waals surface area contributed by atoms with Crippen LogP contribution in [0.15, 0.2) is 42.5 Å². The van der Waals surface area contributed by atoms with Crippen LogP contribution in [0.4, 0.5) is 20.2 Å². The van der Waals surface area contributed by atoms with Crippen molar-refractivity contribution in [2.75, 3.05) is 23.4 Å². The van der Waals surface area contributed by atoms with E-state index in [9.17, 15) is 18.4 Å². The van der Waals surface area contributed by atoms with Gasteiger partial charge < -0.3 is 15.0 Å². The van der Waals surface area contributed by atoms with Gasteiger partial charge in [0.25, 0.3) is 0 Å². The molecule has 2 aromatic rings. The van der Waals surface area contributed by atoms with Crippen molar-refractivity contribution in [3.63, 3.8) is 0 Å². The fourth-order valence-corrected chi connectivity index (χ4v) is 2.84. The van der Waals surface area contributed by atoms with Gasteiger partial charge in [-0.25, -0.2) is 8.78 Å². The molecule has 7 heteroatoms. The predicted octanol–water partition coefficient (Wildman–Crippen LogP) is 3.36. The van der Waals surface area contributed by atoms with Crippen LogP contribution in [-0.4, -0.2) is 25.0 Å². The second-order valence-electron chi connectivity index (χ2n) is 5.95. The summed E-state index contributed by atoms with van der Waals surface area (Å²) in [7, 11) is 0. The number of rotatable bonds is 5. The quantitative estimate of drug-likeness (QED) is 0.890. The van der Waals surface area contributed by atoms with Gasteiger partial charge in [0.2, 0.25) is 11.8 Å². The number of hydrogen-bond acceptors (Lipinski definition) is 3. The maximum absolute atomic E-state index is 13.2. The summed E-state index contributed by atoms with van der Waals surface area (Å²) in [4.78, 5) is 26.1. The highest BCUT2D eigenvalue weighted by atomic mass is 19.2. The van der Waals surface area contributed by atoms with Crippen LogP contribution in [0.5, 0.6) is 5.75 Å². The van der Waals surface area contributed by atoms with Gasteiger partial charge in [-0.2, -0.15) is 0 Å². The largest absolute Gasteiger partial charge is 0.494 e. The summed E-state index contributed by atoms with van der Waals surface area (Å²) in [6.07, 6.45) is 0.0583. The predicted molar refractivity (Wildman–Crippen MR) is 93.1 cm³/mol. The van der Waals surface area contributed by atoms with Crippen molar-refractivity contribution in [1.29, 1.82) is 0 Å². The van der Waals surface area contributed by atoms with Gasteiger partial charge in [-0.1, -0.05) is 0 Å². The van der Waals surface area contributed by atoms with E-state index in [-0.39, 0.29) is 24.6 Å². The number of anilines is 2. The molecule has 2 aromatic carbocycles. The van der Waals surface area contributed by atoms with Gasteiger partial charge in [-0.05, 0) is 43.3 Å². The molecule has 0 aromatic heterocycles. The van der Waals surface area contributed by atoms with Crippen LogP contribution in [0.2, 0.25) is 0 Å². The third-order valence-corrected chi connectivity index (χ3v) is 4.14. The van der Waals surface area contributed by atoms with Crippen molar-refractivity contribution in [1.82, 2.24) is 0 Å². The van der Waals surface area contributed by atoms with Crippen molar-refractivity contribution in [3.05, 3.63) is 54.1 Å². The molecule has 1 aliphatic rings. The van der Waals surface area contributed by atoms with E-state index in [0.29, 0.717) is 18.0 Å². The molecule has 2 amide bonds. The van der Waals surface area contributed by atoms with E-state index < -0.39 is 23.5 Å². The number of benzene rings is 2. The average Bonchev–Trinajstić information content (AvgIpc) is 3.01. The molecule has 1 saturated heterocycles. The van der Waals surface area contributed by atoms with Crippen molar-refractivity contribution < 1.29 is 23.1 Å². The van der Waals surface area contributed by atoms with Gasteiger partial charge in [0.1, 0.15) is 5.75 Å². The standard InChI is InChI=1S/C19H18F2N2O3/c1-2-26-15-6-4-14(5-7-15)23-11-12(9-18(23)24)19(25)22-13-3-8-16(20)17(21)10-13/h3-8,10,12H,2,9,11H2,1H3,(H,22,25)/t12-/m1/s1. The Bertz CT molecular complexity index is 824. The van der Waals surface area contributed by atoms with Crippen LogP contribution in [0.1, 0.15) is 13.3 Å². The number of ether oxygens (including phenoxy) is 1. The molecule has 0 aliphatic carbocycles. The monoisotopic (exact) mass is 360 g/mol. The van der Waals surface area contributed by atoms with Crippen molar-refractivity contribution in [2.24, 2.45) is 5.92 Å². The minimum atomic E-state index is -1.04. The minimum Gasteiger partial charge on any atom is -0.494 e. The average molecular weight is 360 g/mol. The summed E-state index contributed by atoms with van der Waals surface area (Å²) in [6.45, 7) is 2.66. The van der Waals surface area contributed by atoms with E-state index in [4.69, 9.17) is 4.74 Å². The highest BCUT2D eigenvalue weighted by Crippen LogP contribution is 2.27. The Morgan fingerprint density at radius 2 is 1.92 bits per heavy atom. The Morgan fingerprint density at radius 3 is 2.58 bits per heavy atom. The lowest BCUT2D eigenvalue weighted by molar-refractivity contribution is -0.122. The molecule has 0 unspecified atom stereocenters. The summed E-state index contributed by atoms with van der Waals surface area (Å²) in [5, 5.41) is 2.53. The first-order valence-corrected chi connectivity index (χ1v) is 8.27. The number of nitrogens with zero attached hydrogens (tertiary/aromatic N) is 1. The molecule has 1 fully saturated rings. The topological polar surface area (TPSA) is 58.6 Å². The van der Waals surface area contributed by atoms with Gasteiger partial charge in [0.15, 0.2) is 11.6 Å². The smallest absolute Gasteiger partial charge is 0.229 e. The SMILES string of the molecule is CCOc1ccc(N2C[C@H](C(=O)Nc3ccc(F)c(F)c3)CC2=O)cc1.